The number of hydrogen-bond donors (Lipinski definition) is 1. The van der Waals surface area contributed by atoms with E-state index in [-0.39, 0.29) is 6.04 Å². The van der Waals surface area contributed by atoms with Crippen LogP contribution in [0.1, 0.15) is 25.5 Å². The summed E-state index contributed by atoms with van der Waals surface area (Å²) in [4.78, 5) is 8.02. The second kappa shape index (κ2) is 5.94. The Hall–Kier alpha value is -1.45. The van der Waals surface area contributed by atoms with Crippen molar-refractivity contribution < 1.29 is 0 Å². The topological polar surface area (TPSA) is 37.8 Å². The molecule has 1 aromatic carbocycles. The first-order valence-corrected chi connectivity index (χ1v) is 6.38. The van der Waals surface area contributed by atoms with Gasteiger partial charge in [-0.05, 0) is 30.7 Å². The van der Waals surface area contributed by atoms with Gasteiger partial charge in [-0.25, -0.2) is 9.97 Å². The normalized spacial score (nSPS) is 12.4. The number of halogens is 1. The van der Waals surface area contributed by atoms with Crippen molar-refractivity contribution in [2.75, 3.05) is 6.54 Å². The lowest BCUT2D eigenvalue weighted by Crippen LogP contribution is -2.17. The Bertz CT molecular complexity index is 514. The maximum absolute atomic E-state index is 6.33. The summed E-state index contributed by atoms with van der Waals surface area (Å²) in [5.41, 5.74) is 3.12. The number of benzene rings is 1. The molecule has 0 aliphatic heterocycles. The van der Waals surface area contributed by atoms with E-state index in [2.05, 4.69) is 35.2 Å². The van der Waals surface area contributed by atoms with Crippen LogP contribution in [0.2, 0.25) is 5.02 Å². The van der Waals surface area contributed by atoms with Crippen LogP contribution in [-0.4, -0.2) is 16.5 Å². The number of nitrogens with one attached hydrogen (secondary N) is 1. The number of rotatable bonds is 4. The van der Waals surface area contributed by atoms with E-state index in [1.165, 1.54) is 6.33 Å². The van der Waals surface area contributed by atoms with Gasteiger partial charge in [-0.3, -0.25) is 0 Å². The fraction of sp³-hybridized carbons (Fsp3) is 0.286. The molecule has 1 aromatic heterocycles. The Morgan fingerprint density at radius 2 is 1.94 bits per heavy atom. The fourth-order valence-electron chi connectivity index (χ4n) is 1.92. The lowest BCUT2D eigenvalue weighted by molar-refractivity contribution is 0.598. The van der Waals surface area contributed by atoms with Crippen molar-refractivity contribution in [2.45, 2.75) is 19.9 Å². The Morgan fingerprint density at radius 3 is 2.56 bits per heavy atom. The highest BCUT2D eigenvalue weighted by Gasteiger charge is 2.09. The molecule has 0 radical (unpaired) electrons. The molecule has 0 saturated carbocycles. The third kappa shape index (κ3) is 2.86. The van der Waals surface area contributed by atoms with Gasteiger partial charge in [0, 0.05) is 29.0 Å². The summed E-state index contributed by atoms with van der Waals surface area (Å²) in [5.74, 6) is 0. The third-order valence-corrected chi connectivity index (χ3v) is 3.20. The second-order valence-electron chi connectivity index (χ2n) is 4.14. The zero-order chi connectivity index (χ0) is 13.0. The van der Waals surface area contributed by atoms with Crippen LogP contribution in [0.25, 0.3) is 11.1 Å². The maximum Gasteiger partial charge on any atom is 0.115 e. The first-order chi connectivity index (χ1) is 8.72. The molecular weight excluding hydrogens is 246 g/mol. The predicted octanol–water partition coefficient (Wildman–Crippen LogP) is 3.47. The monoisotopic (exact) mass is 261 g/mol. The molecule has 4 heteroatoms. The van der Waals surface area contributed by atoms with E-state index < -0.39 is 0 Å². The highest BCUT2D eigenvalue weighted by molar-refractivity contribution is 6.31. The first-order valence-electron chi connectivity index (χ1n) is 6.00. The Balaban J connectivity index is 2.31. The molecule has 1 N–H and O–H groups in total. The largest absolute Gasteiger partial charge is 0.310 e. The van der Waals surface area contributed by atoms with Gasteiger partial charge in [-0.2, -0.15) is 0 Å². The van der Waals surface area contributed by atoms with Gasteiger partial charge < -0.3 is 5.32 Å². The van der Waals surface area contributed by atoms with Crippen molar-refractivity contribution in [1.82, 2.24) is 15.3 Å². The van der Waals surface area contributed by atoms with E-state index in [4.69, 9.17) is 11.6 Å². The Morgan fingerprint density at radius 1 is 1.22 bits per heavy atom. The van der Waals surface area contributed by atoms with Gasteiger partial charge >= 0.3 is 0 Å². The van der Waals surface area contributed by atoms with Gasteiger partial charge in [0.2, 0.25) is 0 Å². The van der Waals surface area contributed by atoms with Crippen LogP contribution >= 0.6 is 11.6 Å². The van der Waals surface area contributed by atoms with Crippen LogP contribution in [0.4, 0.5) is 0 Å². The van der Waals surface area contributed by atoms with Crippen molar-refractivity contribution in [2.24, 2.45) is 0 Å². The van der Waals surface area contributed by atoms with Gasteiger partial charge in [-0.1, -0.05) is 30.7 Å². The van der Waals surface area contributed by atoms with E-state index in [0.717, 1.165) is 28.3 Å². The zero-order valence-electron chi connectivity index (χ0n) is 10.5. The molecule has 1 unspecified atom stereocenters. The van der Waals surface area contributed by atoms with Crippen LogP contribution in [0.15, 0.2) is 36.9 Å². The average molecular weight is 262 g/mol. The van der Waals surface area contributed by atoms with Crippen LogP contribution in [0.3, 0.4) is 0 Å². The van der Waals surface area contributed by atoms with Gasteiger partial charge in [0.15, 0.2) is 0 Å². The SMILES string of the molecule is CCNC(C)c1ccc(-c2cncnc2)cc1Cl. The molecule has 3 nitrogen and oxygen atoms in total. The van der Waals surface area contributed by atoms with E-state index in [1.54, 1.807) is 12.4 Å². The first kappa shape index (κ1) is 13.0. The molecule has 0 fully saturated rings. The minimum absolute atomic E-state index is 0.253. The quantitative estimate of drug-likeness (QED) is 0.916. The van der Waals surface area contributed by atoms with Crippen molar-refractivity contribution in [1.29, 1.82) is 0 Å². The number of nitrogens with zero attached hydrogens (tertiary/aromatic N) is 2. The minimum atomic E-state index is 0.253. The molecule has 1 atom stereocenters. The van der Waals surface area contributed by atoms with Crippen molar-refractivity contribution in [3.8, 4) is 11.1 Å². The smallest absolute Gasteiger partial charge is 0.115 e. The number of aromatic nitrogens is 2. The number of hydrogen-bond acceptors (Lipinski definition) is 3. The van der Waals surface area contributed by atoms with Crippen molar-refractivity contribution >= 4 is 11.6 Å². The zero-order valence-corrected chi connectivity index (χ0v) is 11.3. The van der Waals surface area contributed by atoms with Crippen LogP contribution in [-0.2, 0) is 0 Å². The highest BCUT2D eigenvalue weighted by atomic mass is 35.5. The highest BCUT2D eigenvalue weighted by Crippen LogP contribution is 2.28. The lowest BCUT2D eigenvalue weighted by atomic mass is 10.0. The molecule has 1 heterocycles. The molecule has 2 rings (SSSR count). The molecule has 2 aromatic rings. The standard InChI is InChI=1S/C14H16ClN3/c1-3-18-10(2)13-5-4-11(6-14(13)15)12-7-16-9-17-8-12/h4-10,18H,3H2,1-2H3. The van der Waals surface area contributed by atoms with E-state index in [1.807, 2.05) is 12.1 Å². The van der Waals surface area contributed by atoms with Crippen molar-refractivity contribution in [3.05, 3.63) is 47.5 Å². The molecular formula is C14H16ClN3. The summed E-state index contributed by atoms with van der Waals surface area (Å²) >= 11 is 6.33. The Kier molecular flexibility index (Phi) is 4.28. The molecule has 0 amide bonds. The summed E-state index contributed by atoms with van der Waals surface area (Å²) in [6.45, 7) is 5.11. The summed E-state index contributed by atoms with van der Waals surface area (Å²) in [6.07, 6.45) is 5.09. The third-order valence-electron chi connectivity index (χ3n) is 2.87. The second-order valence-corrected chi connectivity index (χ2v) is 4.55. The molecule has 0 aliphatic rings. The van der Waals surface area contributed by atoms with Crippen molar-refractivity contribution in [3.63, 3.8) is 0 Å². The Labute approximate surface area is 112 Å². The van der Waals surface area contributed by atoms with Crippen LogP contribution < -0.4 is 5.32 Å². The summed E-state index contributed by atoms with van der Waals surface area (Å²) in [6, 6.07) is 6.32. The lowest BCUT2D eigenvalue weighted by Gasteiger charge is -2.15. The molecule has 0 spiro atoms. The average Bonchev–Trinajstić information content (AvgIpc) is 2.40. The molecule has 94 valence electrons. The van der Waals surface area contributed by atoms with E-state index in [0.29, 0.717) is 0 Å². The minimum Gasteiger partial charge on any atom is -0.310 e. The molecule has 0 saturated heterocycles. The van der Waals surface area contributed by atoms with Crippen LogP contribution in [0.5, 0.6) is 0 Å². The van der Waals surface area contributed by atoms with E-state index >= 15 is 0 Å². The molecule has 0 aliphatic carbocycles. The van der Waals surface area contributed by atoms with Gasteiger partial charge in [-0.15, -0.1) is 0 Å². The van der Waals surface area contributed by atoms with Gasteiger partial charge in [0.1, 0.15) is 6.33 Å². The molecule has 18 heavy (non-hydrogen) atoms. The summed E-state index contributed by atoms with van der Waals surface area (Å²) in [5, 5.41) is 4.12. The van der Waals surface area contributed by atoms with Gasteiger partial charge in [0.25, 0.3) is 0 Å². The predicted molar refractivity (Wildman–Crippen MR) is 74.6 cm³/mol. The van der Waals surface area contributed by atoms with E-state index in [9.17, 15) is 0 Å². The maximum atomic E-state index is 6.33. The van der Waals surface area contributed by atoms with Gasteiger partial charge in [0.05, 0.1) is 0 Å². The summed E-state index contributed by atoms with van der Waals surface area (Å²) in [7, 11) is 0. The fourth-order valence-corrected chi connectivity index (χ4v) is 2.27. The van der Waals surface area contributed by atoms with Crippen LogP contribution in [0, 0.1) is 0 Å². The molecule has 0 bridgehead atoms. The summed E-state index contributed by atoms with van der Waals surface area (Å²) < 4.78 is 0.